The van der Waals surface area contributed by atoms with Crippen LogP contribution in [0.25, 0.3) is 0 Å². The number of tetrazole rings is 1. The Hall–Kier alpha value is -2.03. The molecule has 0 aliphatic heterocycles. The molecule has 0 unspecified atom stereocenters. The number of carbonyl (C=O) groups excluding carboxylic acids is 1. The molecule has 2 aromatic rings. The Bertz CT molecular complexity index is 662. The Morgan fingerprint density at radius 3 is 2.86 bits per heavy atom. The van der Waals surface area contributed by atoms with Gasteiger partial charge in [-0.1, -0.05) is 19.3 Å². The molecular weight excluding hydrogens is 310 g/mol. The van der Waals surface area contributed by atoms with Gasteiger partial charge in [-0.15, -0.1) is 10.2 Å². The fourth-order valence-corrected chi connectivity index (χ4v) is 2.84. The smallest absolute Gasteiger partial charge is 0.378 e. The molecule has 0 bridgehead atoms. The van der Waals surface area contributed by atoms with Gasteiger partial charge in [0.15, 0.2) is 5.82 Å². The summed E-state index contributed by atoms with van der Waals surface area (Å²) < 4.78 is 7.79. The van der Waals surface area contributed by atoms with Crippen LogP contribution in [0.15, 0.2) is 0 Å². The van der Waals surface area contributed by atoms with Gasteiger partial charge in [0.25, 0.3) is 5.82 Å². The first-order valence-corrected chi connectivity index (χ1v) is 7.52. The summed E-state index contributed by atoms with van der Waals surface area (Å²) in [6, 6.07) is 0.307. The van der Waals surface area contributed by atoms with Gasteiger partial charge in [0.1, 0.15) is 6.54 Å². The summed E-state index contributed by atoms with van der Waals surface area (Å²) in [7, 11) is 1.26. The van der Waals surface area contributed by atoms with Crippen molar-refractivity contribution in [3.8, 4) is 0 Å². The first-order valence-electron chi connectivity index (χ1n) is 7.14. The summed E-state index contributed by atoms with van der Waals surface area (Å²) in [5.41, 5.74) is 0. The predicted octanol–water partition coefficient (Wildman–Crippen LogP) is 1.26. The van der Waals surface area contributed by atoms with Crippen molar-refractivity contribution in [1.82, 2.24) is 35.0 Å². The minimum absolute atomic E-state index is 0.0795. The van der Waals surface area contributed by atoms with Crippen LogP contribution in [-0.2, 0) is 11.3 Å². The molecule has 1 saturated carbocycles. The molecule has 1 fully saturated rings. The maximum absolute atomic E-state index is 11.4. The second-order valence-electron chi connectivity index (χ2n) is 5.19. The zero-order valence-corrected chi connectivity index (χ0v) is 12.9. The van der Waals surface area contributed by atoms with E-state index in [-0.39, 0.29) is 17.7 Å². The summed E-state index contributed by atoms with van der Waals surface area (Å²) in [5, 5.41) is 16.0. The van der Waals surface area contributed by atoms with Gasteiger partial charge in [0, 0.05) is 0 Å². The van der Waals surface area contributed by atoms with Gasteiger partial charge in [-0.3, -0.25) is 0 Å². The standard InChI is InChI=1S/C12H16ClN7O2/c1-22-11(21)10-14-12(13)19(16-10)7-9-15-17-18-20(9)8-5-3-2-4-6-8/h8H,2-7H2,1H3. The van der Waals surface area contributed by atoms with E-state index < -0.39 is 5.97 Å². The van der Waals surface area contributed by atoms with Crippen LogP contribution < -0.4 is 0 Å². The van der Waals surface area contributed by atoms with Gasteiger partial charge in [0.05, 0.1) is 13.2 Å². The van der Waals surface area contributed by atoms with E-state index in [0.717, 1.165) is 12.8 Å². The molecule has 22 heavy (non-hydrogen) atoms. The fraction of sp³-hybridized carbons (Fsp3) is 0.667. The normalized spacial score (nSPS) is 15.9. The van der Waals surface area contributed by atoms with Gasteiger partial charge >= 0.3 is 5.97 Å². The highest BCUT2D eigenvalue weighted by molar-refractivity contribution is 6.28. The van der Waals surface area contributed by atoms with Crippen molar-refractivity contribution in [3.63, 3.8) is 0 Å². The first-order chi connectivity index (χ1) is 10.7. The van der Waals surface area contributed by atoms with Crippen LogP contribution in [0.2, 0.25) is 5.28 Å². The van der Waals surface area contributed by atoms with Gasteiger partial charge in [-0.2, -0.15) is 4.98 Å². The van der Waals surface area contributed by atoms with E-state index in [4.69, 9.17) is 11.6 Å². The number of ether oxygens (including phenoxy) is 1. The molecule has 10 heteroatoms. The van der Waals surface area contributed by atoms with Crippen LogP contribution in [0.3, 0.4) is 0 Å². The van der Waals surface area contributed by atoms with Crippen molar-refractivity contribution in [1.29, 1.82) is 0 Å². The highest BCUT2D eigenvalue weighted by atomic mass is 35.5. The third kappa shape index (κ3) is 2.94. The van der Waals surface area contributed by atoms with Gasteiger partial charge < -0.3 is 4.74 Å². The number of carbonyl (C=O) groups is 1. The summed E-state index contributed by atoms with van der Waals surface area (Å²) >= 11 is 6.00. The number of halogens is 1. The molecule has 2 aromatic heterocycles. The number of hydrogen-bond donors (Lipinski definition) is 0. The molecule has 0 N–H and O–H groups in total. The largest absolute Gasteiger partial charge is 0.463 e. The van der Waals surface area contributed by atoms with Crippen LogP contribution in [0.5, 0.6) is 0 Å². The summed E-state index contributed by atoms with van der Waals surface area (Å²) in [6.07, 6.45) is 5.75. The van der Waals surface area contributed by atoms with E-state index in [1.807, 2.05) is 4.68 Å². The molecule has 0 spiro atoms. The Morgan fingerprint density at radius 1 is 1.36 bits per heavy atom. The zero-order valence-electron chi connectivity index (χ0n) is 12.1. The molecule has 9 nitrogen and oxygen atoms in total. The van der Waals surface area contributed by atoms with Gasteiger partial charge in [-0.25, -0.2) is 14.2 Å². The third-order valence-corrected chi connectivity index (χ3v) is 4.05. The molecule has 3 rings (SSSR count). The van der Waals surface area contributed by atoms with Crippen LogP contribution >= 0.6 is 11.6 Å². The van der Waals surface area contributed by atoms with E-state index in [2.05, 4.69) is 30.3 Å². The summed E-state index contributed by atoms with van der Waals surface area (Å²) in [5.74, 6) is -0.0631. The first kappa shape index (κ1) is 14.9. The molecular formula is C12H16ClN7O2. The third-order valence-electron chi connectivity index (χ3n) is 3.77. The van der Waals surface area contributed by atoms with E-state index in [1.54, 1.807) is 0 Å². The second kappa shape index (κ2) is 6.39. The number of esters is 1. The minimum Gasteiger partial charge on any atom is -0.463 e. The van der Waals surface area contributed by atoms with Gasteiger partial charge in [0.2, 0.25) is 5.28 Å². The van der Waals surface area contributed by atoms with Crippen LogP contribution in [0.1, 0.15) is 54.6 Å². The van der Waals surface area contributed by atoms with Crippen molar-refractivity contribution in [2.24, 2.45) is 0 Å². The topological polar surface area (TPSA) is 101 Å². The molecule has 0 amide bonds. The molecule has 0 radical (unpaired) electrons. The molecule has 1 aliphatic rings. The van der Waals surface area contributed by atoms with E-state index in [1.165, 1.54) is 31.1 Å². The molecule has 0 saturated heterocycles. The zero-order chi connectivity index (χ0) is 15.5. The maximum Gasteiger partial charge on any atom is 0.378 e. The number of nitrogens with zero attached hydrogens (tertiary/aromatic N) is 7. The van der Waals surface area contributed by atoms with Gasteiger partial charge in [-0.05, 0) is 34.9 Å². The van der Waals surface area contributed by atoms with Crippen LogP contribution in [0.4, 0.5) is 0 Å². The van der Waals surface area contributed by atoms with E-state index >= 15 is 0 Å². The quantitative estimate of drug-likeness (QED) is 0.780. The van der Waals surface area contributed by atoms with Crippen molar-refractivity contribution in [2.45, 2.75) is 44.7 Å². The summed E-state index contributed by atoms with van der Waals surface area (Å²) in [6.45, 7) is 0.256. The highest BCUT2D eigenvalue weighted by Gasteiger charge is 2.22. The molecule has 0 aromatic carbocycles. The monoisotopic (exact) mass is 325 g/mol. The fourth-order valence-electron chi connectivity index (χ4n) is 2.66. The van der Waals surface area contributed by atoms with Crippen molar-refractivity contribution >= 4 is 17.6 Å². The molecule has 0 atom stereocenters. The molecule has 2 heterocycles. The lowest BCUT2D eigenvalue weighted by molar-refractivity contribution is 0.0586. The lowest BCUT2D eigenvalue weighted by Gasteiger charge is -2.22. The lowest BCUT2D eigenvalue weighted by atomic mass is 9.96. The molecule has 118 valence electrons. The van der Waals surface area contributed by atoms with Crippen LogP contribution in [-0.4, -0.2) is 48.1 Å². The van der Waals surface area contributed by atoms with Crippen molar-refractivity contribution < 1.29 is 9.53 Å². The Morgan fingerprint density at radius 2 is 2.14 bits per heavy atom. The lowest BCUT2D eigenvalue weighted by Crippen LogP contribution is -2.19. The SMILES string of the molecule is COC(=O)c1nc(Cl)n(Cc2nnnn2C2CCCCC2)n1. The highest BCUT2D eigenvalue weighted by Crippen LogP contribution is 2.28. The predicted molar refractivity (Wildman–Crippen MR) is 75.4 cm³/mol. The van der Waals surface area contributed by atoms with Crippen molar-refractivity contribution in [3.05, 3.63) is 16.9 Å². The Labute approximate surface area is 131 Å². The van der Waals surface area contributed by atoms with Crippen LogP contribution in [0, 0.1) is 0 Å². The Kier molecular flexibility index (Phi) is 4.32. The second-order valence-corrected chi connectivity index (χ2v) is 5.52. The number of hydrogen-bond acceptors (Lipinski definition) is 7. The maximum atomic E-state index is 11.4. The number of methoxy groups -OCH3 is 1. The minimum atomic E-state index is -0.632. The van der Waals surface area contributed by atoms with E-state index in [0.29, 0.717) is 11.9 Å². The average Bonchev–Trinajstić information content (AvgIpc) is 3.15. The molecule has 1 aliphatic carbocycles. The summed E-state index contributed by atoms with van der Waals surface area (Å²) in [4.78, 5) is 15.3. The number of aromatic nitrogens is 7. The Balaban J connectivity index is 1.80. The number of rotatable bonds is 4. The van der Waals surface area contributed by atoms with Crippen molar-refractivity contribution in [2.75, 3.05) is 7.11 Å². The van der Waals surface area contributed by atoms with E-state index in [9.17, 15) is 4.79 Å². The average molecular weight is 326 g/mol.